The maximum atomic E-state index is 12.5. The Morgan fingerprint density at radius 1 is 1.47 bits per heavy atom. The molecule has 0 N–H and O–H groups in total. The second-order valence-electron chi connectivity index (χ2n) is 5.63. The average Bonchev–Trinajstić information content (AvgIpc) is 2.32. The molecule has 0 unspecified atom stereocenters. The van der Waals surface area contributed by atoms with Gasteiger partial charge < -0.3 is 0 Å². The van der Waals surface area contributed by atoms with Gasteiger partial charge in [-0.15, -0.1) is 0 Å². The zero-order valence-electron chi connectivity index (χ0n) is 12.5. The monoisotopic (exact) mass is 302 g/mol. The van der Waals surface area contributed by atoms with Crippen molar-refractivity contribution in [1.29, 1.82) is 0 Å². The van der Waals surface area contributed by atoms with Crippen LogP contribution in [0.15, 0.2) is 12.3 Å². The largest absolute Gasteiger partial charge is 0.259 e. The SMILES string of the molecule is CCN([C@H](C)c1cc(Cl)c(C)cn1)[S@](=O)C(C)(C)C. The van der Waals surface area contributed by atoms with Crippen molar-refractivity contribution in [2.45, 2.75) is 52.3 Å². The summed E-state index contributed by atoms with van der Waals surface area (Å²) in [5.74, 6) is 0. The van der Waals surface area contributed by atoms with E-state index in [0.29, 0.717) is 11.6 Å². The van der Waals surface area contributed by atoms with Crippen molar-refractivity contribution < 1.29 is 4.21 Å². The van der Waals surface area contributed by atoms with Gasteiger partial charge in [-0.1, -0.05) is 18.5 Å². The highest BCUT2D eigenvalue weighted by Crippen LogP contribution is 2.27. The quantitative estimate of drug-likeness (QED) is 0.845. The van der Waals surface area contributed by atoms with E-state index in [9.17, 15) is 4.21 Å². The van der Waals surface area contributed by atoms with Gasteiger partial charge in [0.15, 0.2) is 0 Å². The standard InChI is InChI=1S/C14H23ClN2OS/c1-7-17(19(18)14(4,5)6)11(3)13-8-12(15)10(2)9-16-13/h8-9,11H,7H2,1-6H3/t11-,19-/m1/s1. The van der Waals surface area contributed by atoms with Gasteiger partial charge in [-0.2, -0.15) is 0 Å². The van der Waals surface area contributed by atoms with Crippen LogP contribution in [0.3, 0.4) is 0 Å². The molecule has 0 aliphatic rings. The van der Waals surface area contributed by atoms with E-state index in [2.05, 4.69) is 4.98 Å². The molecule has 5 heteroatoms. The number of nitrogens with zero attached hydrogens (tertiary/aromatic N) is 2. The van der Waals surface area contributed by atoms with Gasteiger partial charge in [-0.25, -0.2) is 8.51 Å². The van der Waals surface area contributed by atoms with Crippen LogP contribution in [-0.2, 0) is 11.0 Å². The molecule has 1 rings (SSSR count). The third-order valence-electron chi connectivity index (χ3n) is 2.97. The van der Waals surface area contributed by atoms with E-state index in [1.54, 1.807) is 6.20 Å². The molecule has 1 heterocycles. The molecule has 0 saturated heterocycles. The summed E-state index contributed by atoms with van der Waals surface area (Å²) in [7, 11) is -1.07. The van der Waals surface area contributed by atoms with Crippen LogP contribution in [0.4, 0.5) is 0 Å². The molecule has 0 spiro atoms. The van der Waals surface area contributed by atoms with Crippen LogP contribution in [0.1, 0.15) is 51.9 Å². The van der Waals surface area contributed by atoms with Crippen molar-refractivity contribution in [1.82, 2.24) is 9.29 Å². The molecule has 0 radical (unpaired) electrons. The molecule has 0 aliphatic heterocycles. The number of pyridine rings is 1. The maximum Gasteiger partial charge on any atom is 0.100 e. The molecule has 0 fully saturated rings. The van der Waals surface area contributed by atoms with Crippen molar-refractivity contribution in [3.8, 4) is 0 Å². The Bertz CT molecular complexity index is 471. The van der Waals surface area contributed by atoms with Crippen LogP contribution in [-0.4, -0.2) is 24.8 Å². The minimum Gasteiger partial charge on any atom is -0.259 e. The Morgan fingerprint density at radius 3 is 2.47 bits per heavy atom. The van der Waals surface area contributed by atoms with Gasteiger partial charge in [-0.05, 0) is 46.2 Å². The van der Waals surface area contributed by atoms with Crippen molar-refractivity contribution in [3.63, 3.8) is 0 Å². The van der Waals surface area contributed by atoms with E-state index in [1.165, 1.54) is 0 Å². The van der Waals surface area contributed by atoms with Crippen molar-refractivity contribution >= 4 is 22.6 Å². The van der Waals surface area contributed by atoms with E-state index in [4.69, 9.17) is 11.6 Å². The molecule has 2 atom stereocenters. The van der Waals surface area contributed by atoms with E-state index >= 15 is 0 Å². The second kappa shape index (κ2) is 6.33. The first kappa shape index (κ1) is 16.6. The lowest BCUT2D eigenvalue weighted by atomic mass is 10.2. The predicted octanol–water partition coefficient (Wildman–Crippen LogP) is 3.89. The first-order chi connectivity index (χ1) is 8.68. The fourth-order valence-electron chi connectivity index (χ4n) is 1.78. The molecule has 1 aromatic heterocycles. The third kappa shape index (κ3) is 4.01. The maximum absolute atomic E-state index is 12.5. The Morgan fingerprint density at radius 2 is 2.05 bits per heavy atom. The molecule has 0 amide bonds. The van der Waals surface area contributed by atoms with Gasteiger partial charge in [0.25, 0.3) is 0 Å². The van der Waals surface area contributed by atoms with E-state index in [0.717, 1.165) is 11.3 Å². The summed E-state index contributed by atoms with van der Waals surface area (Å²) < 4.78 is 14.2. The molecular weight excluding hydrogens is 280 g/mol. The highest BCUT2D eigenvalue weighted by Gasteiger charge is 2.29. The number of halogens is 1. The highest BCUT2D eigenvalue weighted by atomic mass is 35.5. The van der Waals surface area contributed by atoms with Gasteiger partial charge in [0, 0.05) is 17.8 Å². The molecule has 0 bridgehead atoms. The van der Waals surface area contributed by atoms with Gasteiger partial charge in [0.05, 0.1) is 16.5 Å². The zero-order chi connectivity index (χ0) is 14.8. The topological polar surface area (TPSA) is 33.2 Å². The molecular formula is C14H23ClN2OS. The highest BCUT2D eigenvalue weighted by molar-refractivity contribution is 7.84. The number of rotatable bonds is 4. The minimum atomic E-state index is -1.07. The summed E-state index contributed by atoms with van der Waals surface area (Å²) >= 11 is 6.14. The lowest BCUT2D eigenvalue weighted by Crippen LogP contribution is -2.39. The van der Waals surface area contributed by atoms with Crippen LogP contribution < -0.4 is 0 Å². The summed E-state index contributed by atoms with van der Waals surface area (Å²) in [6.07, 6.45) is 1.77. The Kier molecular flexibility index (Phi) is 5.53. The molecule has 19 heavy (non-hydrogen) atoms. The number of aryl methyl sites for hydroxylation is 1. The Hall–Kier alpha value is -0.450. The third-order valence-corrected chi connectivity index (χ3v) is 5.42. The average molecular weight is 303 g/mol. The second-order valence-corrected chi connectivity index (χ2v) is 8.23. The van der Waals surface area contributed by atoms with E-state index in [1.807, 2.05) is 51.9 Å². The Labute approximate surface area is 124 Å². The molecule has 0 aromatic carbocycles. The van der Waals surface area contributed by atoms with E-state index in [-0.39, 0.29) is 10.8 Å². The summed E-state index contributed by atoms with van der Waals surface area (Å²) in [4.78, 5) is 4.41. The summed E-state index contributed by atoms with van der Waals surface area (Å²) in [5, 5.41) is 0.703. The first-order valence-corrected chi connectivity index (χ1v) is 7.97. The predicted molar refractivity (Wildman–Crippen MR) is 82.7 cm³/mol. The Balaban J connectivity index is 3.05. The van der Waals surface area contributed by atoms with Gasteiger partial charge >= 0.3 is 0 Å². The van der Waals surface area contributed by atoms with Crippen molar-refractivity contribution in [2.75, 3.05) is 6.54 Å². The molecule has 0 aliphatic carbocycles. The van der Waals surface area contributed by atoms with Crippen LogP contribution in [0.2, 0.25) is 5.02 Å². The molecule has 0 saturated carbocycles. The fourth-order valence-corrected chi connectivity index (χ4v) is 3.27. The van der Waals surface area contributed by atoms with Gasteiger partial charge in [0.2, 0.25) is 0 Å². The summed E-state index contributed by atoms with van der Waals surface area (Å²) in [6.45, 7) is 12.6. The van der Waals surface area contributed by atoms with Crippen LogP contribution >= 0.6 is 11.6 Å². The lowest BCUT2D eigenvalue weighted by Gasteiger charge is -2.32. The van der Waals surface area contributed by atoms with Crippen LogP contribution in [0.25, 0.3) is 0 Å². The van der Waals surface area contributed by atoms with E-state index < -0.39 is 11.0 Å². The minimum absolute atomic E-state index is 0.0249. The fraction of sp³-hybridized carbons (Fsp3) is 0.643. The van der Waals surface area contributed by atoms with Crippen LogP contribution in [0, 0.1) is 6.92 Å². The van der Waals surface area contributed by atoms with Gasteiger partial charge in [0.1, 0.15) is 11.0 Å². The van der Waals surface area contributed by atoms with Crippen molar-refractivity contribution in [3.05, 3.63) is 28.5 Å². The summed E-state index contributed by atoms with van der Waals surface area (Å²) in [6, 6.07) is 1.84. The van der Waals surface area contributed by atoms with Crippen molar-refractivity contribution in [2.24, 2.45) is 0 Å². The molecule has 108 valence electrons. The molecule has 3 nitrogen and oxygen atoms in total. The van der Waals surface area contributed by atoms with Crippen LogP contribution in [0.5, 0.6) is 0 Å². The van der Waals surface area contributed by atoms with Gasteiger partial charge in [-0.3, -0.25) is 4.98 Å². The normalized spacial score (nSPS) is 15.6. The zero-order valence-corrected chi connectivity index (χ0v) is 14.1. The number of hydrogen-bond donors (Lipinski definition) is 0. The lowest BCUT2D eigenvalue weighted by molar-refractivity contribution is 0.366. The number of hydrogen-bond acceptors (Lipinski definition) is 2. The summed E-state index contributed by atoms with van der Waals surface area (Å²) in [5.41, 5.74) is 1.81. The smallest absolute Gasteiger partial charge is 0.100 e. The first-order valence-electron chi connectivity index (χ1n) is 6.49. The molecule has 1 aromatic rings. The number of aromatic nitrogens is 1.